The number of benzene rings is 9. The first-order chi connectivity index (χ1) is 38.8. The average Bonchev–Trinajstić information content (AvgIpc) is 3.27. The predicted octanol–water partition coefficient (Wildman–Crippen LogP) is 18.9. The van der Waals surface area contributed by atoms with Crippen molar-refractivity contribution < 1.29 is 32.7 Å². The van der Waals surface area contributed by atoms with Gasteiger partial charge in [0.25, 0.3) is 0 Å². The molecule has 2 aromatic heterocycles. The number of pyridine rings is 1. The molecule has 6 heteroatoms. The topological polar surface area (TPSA) is 33.5 Å². The summed E-state index contributed by atoms with van der Waals surface area (Å²) in [6.07, 6.45) is 1.90. The van der Waals surface area contributed by atoms with Crippen LogP contribution in [0.3, 0.4) is 0 Å². The van der Waals surface area contributed by atoms with Gasteiger partial charge in [0, 0.05) is 77.9 Å². The van der Waals surface area contributed by atoms with Crippen molar-refractivity contribution in [3.05, 3.63) is 259 Å². The van der Waals surface area contributed by atoms with Gasteiger partial charge in [0.1, 0.15) is 5.82 Å². The van der Waals surface area contributed by atoms with Crippen molar-refractivity contribution in [3.8, 4) is 50.7 Å². The first-order valence-electron chi connectivity index (χ1n) is 28.4. The molecule has 0 fully saturated rings. The molecule has 0 saturated carbocycles. The normalized spacial score (nSPS) is 13.6. The van der Waals surface area contributed by atoms with Crippen LogP contribution in [0.1, 0.15) is 84.5 Å². The van der Waals surface area contributed by atoms with Crippen LogP contribution in [0.15, 0.2) is 218 Å². The van der Waals surface area contributed by atoms with E-state index in [-0.39, 0.29) is 55.0 Å². The van der Waals surface area contributed by atoms with Crippen molar-refractivity contribution >= 4 is 44.6 Å². The van der Waals surface area contributed by atoms with Crippen molar-refractivity contribution in [3.63, 3.8) is 0 Å². The third-order valence-corrected chi connectivity index (χ3v) is 14.9. The van der Waals surface area contributed by atoms with Crippen molar-refractivity contribution in [2.75, 3.05) is 9.80 Å². The van der Waals surface area contributed by atoms with Crippen LogP contribution >= 0.6 is 0 Å². The molecule has 0 bridgehead atoms. The molecular formula is C71H61N4OPt-3. The molecule has 0 spiro atoms. The number of nitrogens with zero attached hydrogens (tertiary/aromatic N) is 4. The fraction of sp³-hybridized carbons (Fsp3) is 0.155. The Morgan fingerprint density at radius 1 is 0.494 bits per heavy atom. The molecule has 0 N–H and O–H groups in total. The van der Waals surface area contributed by atoms with Gasteiger partial charge in [-0.1, -0.05) is 212 Å². The van der Waals surface area contributed by atoms with Crippen LogP contribution in [0.2, 0.25) is 0 Å². The summed E-state index contributed by atoms with van der Waals surface area (Å²) >= 11 is 0. The Kier molecular flexibility index (Phi) is 11.9. The Labute approximate surface area is 475 Å². The maximum Gasteiger partial charge on any atom is 0.135 e. The van der Waals surface area contributed by atoms with Gasteiger partial charge >= 0.3 is 0 Å². The number of para-hydroxylation sites is 3. The first kappa shape index (κ1) is 45.2. The van der Waals surface area contributed by atoms with Crippen molar-refractivity contribution in [2.45, 2.75) is 71.6 Å². The van der Waals surface area contributed by atoms with E-state index in [0.717, 1.165) is 72.4 Å². The molecule has 0 unspecified atom stereocenters. The standard InChI is InChI=1S/C71H61N4O.Pt/c1-69(2,3)52-35-32-48(33-36-52)50-34-39-63-62(43-50)61-38-37-58(46-66(61)75(63)67-44-55(40-41-72-67)71(7,8)53-23-13-10-14-24-53)76-57-27-18-26-56(45-57)73-47-74(65-31-16-15-30-64(65)73)68-59(49-20-11-9-12-21-49)28-19-29-60(68)51-22-17-25-54(42-51)70(4,5)6;/h9-44,47H,1-8H3;/q-3;/i9D,11D,12D,20D,21D;. The number of aromatic nitrogens is 2. The van der Waals surface area contributed by atoms with E-state index < -0.39 is 18.1 Å². The first-order valence-corrected chi connectivity index (χ1v) is 25.9. The Balaban J connectivity index is 0.00000705. The Morgan fingerprint density at radius 2 is 1.14 bits per heavy atom. The second-order valence-corrected chi connectivity index (χ2v) is 22.3. The van der Waals surface area contributed by atoms with E-state index in [4.69, 9.17) is 13.8 Å². The van der Waals surface area contributed by atoms with Crippen LogP contribution < -0.4 is 14.5 Å². The zero-order valence-corrected chi connectivity index (χ0v) is 46.8. The summed E-state index contributed by atoms with van der Waals surface area (Å²) in [4.78, 5) is 9.14. The summed E-state index contributed by atoms with van der Waals surface area (Å²) in [6.45, 7) is 19.7. The smallest absolute Gasteiger partial charge is 0.135 e. The maximum absolute atomic E-state index is 9.18. The third-order valence-electron chi connectivity index (χ3n) is 14.9. The number of fused-ring (bicyclic) bond motifs is 4. The van der Waals surface area contributed by atoms with E-state index >= 15 is 0 Å². The monoisotopic (exact) mass is 1190 g/mol. The molecule has 0 amide bonds. The third kappa shape index (κ3) is 9.68. The van der Waals surface area contributed by atoms with Gasteiger partial charge in [-0.2, -0.15) is 12.1 Å². The molecule has 0 saturated heterocycles. The van der Waals surface area contributed by atoms with Gasteiger partial charge < -0.3 is 19.1 Å². The molecule has 0 atom stereocenters. The SMILES string of the molecule is [2H]c1c([2H])c([2H])c(-c2cccc(-c3cccc(C(C)(C)C)c3)c2N2[CH-]N(c3[c-]c(Oc4[c-]c5c(cc4)c4cc(-c6ccc(C(C)(C)C)cc6)ccc4n5-c4cc(C(C)(C)c5ccccc5)ccn4)ccc3)c3ccccc32)c([2H])c1[2H].[Pt]. The molecule has 9 aromatic carbocycles. The van der Waals surface area contributed by atoms with Crippen LogP contribution in [0, 0.1) is 18.8 Å². The van der Waals surface area contributed by atoms with Crippen molar-refractivity contribution in [1.82, 2.24) is 9.55 Å². The number of hydrogen-bond acceptors (Lipinski definition) is 4. The Bertz CT molecular complexity index is 4230. The van der Waals surface area contributed by atoms with Gasteiger partial charge in [0.15, 0.2) is 0 Å². The molecule has 3 heterocycles. The predicted molar refractivity (Wildman–Crippen MR) is 317 cm³/mol. The van der Waals surface area contributed by atoms with E-state index in [1.54, 1.807) is 0 Å². The molecule has 1 aliphatic rings. The average molecular weight is 1190 g/mol. The molecule has 77 heavy (non-hydrogen) atoms. The summed E-state index contributed by atoms with van der Waals surface area (Å²) in [6, 6.07) is 68.0. The summed E-state index contributed by atoms with van der Waals surface area (Å²) in [5.41, 5.74) is 13.8. The van der Waals surface area contributed by atoms with Crippen LogP contribution in [0.5, 0.6) is 11.5 Å². The van der Waals surface area contributed by atoms with Gasteiger partial charge in [-0.25, -0.2) is 4.98 Å². The largest absolute Gasteiger partial charge is 0.509 e. The van der Waals surface area contributed by atoms with E-state index in [9.17, 15) is 2.74 Å². The Morgan fingerprint density at radius 3 is 1.88 bits per heavy atom. The van der Waals surface area contributed by atoms with Crippen molar-refractivity contribution in [2.24, 2.45) is 0 Å². The molecular weight excluding hydrogens is 1120 g/mol. The number of anilines is 4. The van der Waals surface area contributed by atoms with Crippen molar-refractivity contribution in [1.29, 1.82) is 0 Å². The van der Waals surface area contributed by atoms with E-state index in [1.807, 2.05) is 96.6 Å². The fourth-order valence-electron chi connectivity index (χ4n) is 10.5. The zero-order valence-electron chi connectivity index (χ0n) is 49.5. The molecule has 5 nitrogen and oxygen atoms in total. The number of hydrogen-bond donors (Lipinski definition) is 0. The van der Waals surface area contributed by atoms with E-state index in [0.29, 0.717) is 28.4 Å². The number of ether oxygens (including phenoxy) is 1. The van der Waals surface area contributed by atoms with Gasteiger partial charge in [-0.3, -0.25) is 0 Å². The van der Waals surface area contributed by atoms with Gasteiger partial charge in [-0.05, 0) is 91.1 Å². The summed E-state index contributed by atoms with van der Waals surface area (Å²) in [5.74, 6) is 1.74. The van der Waals surface area contributed by atoms with Crippen LogP contribution in [-0.4, -0.2) is 9.55 Å². The quantitative estimate of drug-likeness (QED) is 0.128. The minimum absolute atomic E-state index is 0. The Hall–Kier alpha value is -7.98. The second kappa shape index (κ2) is 20.2. The molecule has 0 aliphatic carbocycles. The van der Waals surface area contributed by atoms with E-state index in [1.165, 1.54) is 11.1 Å². The molecule has 12 rings (SSSR count). The van der Waals surface area contributed by atoms with Gasteiger partial charge in [0.05, 0.1) is 6.85 Å². The summed E-state index contributed by atoms with van der Waals surface area (Å²) < 4.78 is 53.2. The van der Waals surface area contributed by atoms with Crippen LogP contribution in [0.25, 0.3) is 61.0 Å². The second-order valence-electron chi connectivity index (χ2n) is 22.3. The molecule has 11 aromatic rings. The number of rotatable bonds is 10. The summed E-state index contributed by atoms with van der Waals surface area (Å²) in [5, 5.41) is 2.08. The van der Waals surface area contributed by atoms with Gasteiger partial charge in [0.2, 0.25) is 0 Å². The zero-order chi connectivity index (χ0) is 56.7. The van der Waals surface area contributed by atoms with Crippen LogP contribution in [0.4, 0.5) is 22.7 Å². The maximum atomic E-state index is 9.18. The fourth-order valence-corrected chi connectivity index (χ4v) is 10.5. The van der Waals surface area contributed by atoms with E-state index in [2.05, 4.69) is 180 Å². The minimum atomic E-state index is -0.441. The molecule has 0 radical (unpaired) electrons. The van der Waals surface area contributed by atoms with Gasteiger partial charge in [-0.15, -0.1) is 48.1 Å². The molecule has 384 valence electrons. The summed E-state index contributed by atoms with van der Waals surface area (Å²) in [7, 11) is 0. The van der Waals surface area contributed by atoms with Crippen LogP contribution in [-0.2, 0) is 37.3 Å². The molecule has 1 aliphatic heterocycles. The minimum Gasteiger partial charge on any atom is -0.509 e.